The molecule has 0 bridgehead atoms. The van der Waals surface area contributed by atoms with Gasteiger partial charge in [-0.3, -0.25) is 20.7 Å². The number of nitrogens with one attached hydrogen (secondary N) is 2. The lowest BCUT2D eigenvalue weighted by Gasteiger charge is -2.01. The number of nitrogens with zero attached hydrogens (tertiary/aromatic N) is 4. The van der Waals surface area contributed by atoms with Gasteiger partial charge in [-0.2, -0.15) is 0 Å². The fourth-order valence-corrected chi connectivity index (χ4v) is 1.27. The topological polar surface area (TPSA) is 125 Å². The van der Waals surface area contributed by atoms with E-state index in [2.05, 4.69) is 15.0 Å². The number of hydrogen-bond donors (Lipinski definition) is 4. The van der Waals surface area contributed by atoms with Gasteiger partial charge in [-0.15, -0.1) is 0 Å². The van der Waals surface area contributed by atoms with Gasteiger partial charge in [0.1, 0.15) is 12.9 Å². The average Bonchev–Trinajstić information content (AvgIpc) is 2.72. The summed E-state index contributed by atoms with van der Waals surface area (Å²) in [5.41, 5.74) is 4.07. The van der Waals surface area contributed by atoms with Crippen LogP contribution in [0.25, 0.3) is 11.2 Å². The molecular weight excluding hydrogens is 216 g/mol. The van der Waals surface area contributed by atoms with Crippen molar-refractivity contribution in [2.45, 2.75) is 6.54 Å². The van der Waals surface area contributed by atoms with Crippen LogP contribution in [0.5, 0.6) is 0 Å². The van der Waals surface area contributed by atoms with Crippen molar-refractivity contribution >= 4 is 22.9 Å². The molecule has 1 amide bonds. The van der Waals surface area contributed by atoms with E-state index in [1.54, 1.807) is 0 Å². The molecule has 16 heavy (non-hydrogen) atoms. The highest BCUT2D eigenvalue weighted by Gasteiger charge is 2.11. The number of rotatable bonds is 3. The van der Waals surface area contributed by atoms with Crippen LogP contribution in [0.4, 0.5) is 5.82 Å². The molecule has 0 aliphatic rings. The number of carbonyl (C=O) groups excluding carboxylic acids is 1. The predicted octanol–water partition coefficient (Wildman–Crippen LogP) is -0.867. The number of anilines is 1. The molecule has 2 aromatic heterocycles. The third-order valence-corrected chi connectivity index (χ3v) is 1.95. The Balaban J connectivity index is 2.45. The van der Waals surface area contributed by atoms with Crippen molar-refractivity contribution in [1.82, 2.24) is 25.0 Å². The van der Waals surface area contributed by atoms with Crippen molar-refractivity contribution < 1.29 is 15.2 Å². The van der Waals surface area contributed by atoms with Gasteiger partial charge in [0.25, 0.3) is 5.91 Å². The maximum atomic E-state index is 11.0. The van der Waals surface area contributed by atoms with Crippen LogP contribution in [0.15, 0.2) is 12.7 Å². The molecule has 2 heterocycles. The standard InChI is InChI=1S/C7H8N6O3/c14-4(11-15)1-13-3-10-5-6(12-16)8-2-9-7(5)13/h2-3,15-16H,1H2,(H,11,14)(H,8,9,12). The Bertz CT molecular complexity index is 524. The summed E-state index contributed by atoms with van der Waals surface area (Å²) in [6, 6.07) is 0. The van der Waals surface area contributed by atoms with Crippen LogP contribution in [0.2, 0.25) is 0 Å². The van der Waals surface area contributed by atoms with Gasteiger partial charge in [0, 0.05) is 0 Å². The lowest BCUT2D eigenvalue weighted by molar-refractivity contribution is -0.129. The molecule has 9 heteroatoms. The Hall–Kier alpha value is -2.26. The summed E-state index contributed by atoms with van der Waals surface area (Å²) in [5.74, 6) is -0.454. The number of hydrogen-bond acceptors (Lipinski definition) is 7. The first kappa shape index (κ1) is 10.3. The van der Waals surface area contributed by atoms with E-state index in [1.807, 2.05) is 5.48 Å². The van der Waals surface area contributed by atoms with Gasteiger partial charge in [-0.05, 0) is 0 Å². The molecule has 0 atom stereocenters. The average molecular weight is 224 g/mol. The largest absolute Gasteiger partial charge is 0.306 e. The van der Waals surface area contributed by atoms with E-state index in [9.17, 15) is 4.79 Å². The lowest BCUT2D eigenvalue weighted by atomic mass is 10.5. The second-order valence-corrected chi connectivity index (χ2v) is 2.91. The molecule has 0 aliphatic heterocycles. The summed E-state index contributed by atoms with van der Waals surface area (Å²) in [6.45, 7) is -0.130. The molecule has 0 spiro atoms. The minimum absolute atomic E-state index is 0.130. The summed E-state index contributed by atoms with van der Waals surface area (Å²) >= 11 is 0. The molecule has 0 aromatic carbocycles. The van der Waals surface area contributed by atoms with Crippen LogP contribution < -0.4 is 11.0 Å². The zero-order valence-electron chi connectivity index (χ0n) is 7.95. The lowest BCUT2D eigenvalue weighted by Crippen LogP contribution is -2.23. The van der Waals surface area contributed by atoms with Crippen molar-refractivity contribution in [3.63, 3.8) is 0 Å². The number of hydroxylamine groups is 1. The Morgan fingerprint density at radius 1 is 1.38 bits per heavy atom. The zero-order valence-corrected chi connectivity index (χ0v) is 7.95. The fraction of sp³-hybridized carbons (Fsp3) is 0.143. The third-order valence-electron chi connectivity index (χ3n) is 1.95. The first-order chi connectivity index (χ1) is 7.76. The highest BCUT2D eigenvalue weighted by atomic mass is 16.5. The first-order valence-corrected chi connectivity index (χ1v) is 4.25. The van der Waals surface area contributed by atoms with E-state index in [0.29, 0.717) is 11.2 Å². The van der Waals surface area contributed by atoms with Crippen molar-refractivity contribution in [3.05, 3.63) is 12.7 Å². The van der Waals surface area contributed by atoms with E-state index in [0.717, 1.165) is 0 Å². The van der Waals surface area contributed by atoms with Crippen molar-refractivity contribution in [2.24, 2.45) is 0 Å². The Labute approximate surface area is 88.7 Å². The van der Waals surface area contributed by atoms with Gasteiger partial charge in [0.2, 0.25) is 0 Å². The minimum Gasteiger partial charge on any atom is -0.306 e. The minimum atomic E-state index is -0.601. The number of imidazole rings is 1. The highest BCUT2D eigenvalue weighted by molar-refractivity contribution is 5.83. The highest BCUT2D eigenvalue weighted by Crippen LogP contribution is 2.15. The van der Waals surface area contributed by atoms with Gasteiger partial charge in [0.05, 0.1) is 6.33 Å². The van der Waals surface area contributed by atoms with Gasteiger partial charge in [-0.25, -0.2) is 20.4 Å². The summed E-state index contributed by atoms with van der Waals surface area (Å²) in [4.78, 5) is 22.5. The summed E-state index contributed by atoms with van der Waals surface area (Å²) in [7, 11) is 0. The molecule has 2 aromatic rings. The molecule has 84 valence electrons. The van der Waals surface area contributed by atoms with E-state index < -0.39 is 5.91 Å². The Kier molecular flexibility index (Phi) is 2.62. The second kappa shape index (κ2) is 4.08. The number of carbonyl (C=O) groups is 1. The third kappa shape index (κ3) is 1.64. The Morgan fingerprint density at radius 3 is 2.88 bits per heavy atom. The van der Waals surface area contributed by atoms with Crippen molar-refractivity contribution in [3.8, 4) is 0 Å². The zero-order chi connectivity index (χ0) is 11.5. The number of amides is 1. The van der Waals surface area contributed by atoms with Crippen LogP contribution >= 0.6 is 0 Å². The van der Waals surface area contributed by atoms with Crippen LogP contribution in [0.1, 0.15) is 0 Å². The summed E-state index contributed by atoms with van der Waals surface area (Å²) in [5, 5.41) is 17.2. The van der Waals surface area contributed by atoms with Crippen molar-refractivity contribution in [2.75, 3.05) is 5.48 Å². The second-order valence-electron chi connectivity index (χ2n) is 2.91. The van der Waals surface area contributed by atoms with Crippen LogP contribution in [-0.2, 0) is 11.3 Å². The summed E-state index contributed by atoms with van der Waals surface area (Å²) < 4.78 is 1.41. The smallest absolute Gasteiger partial charge is 0.263 e. The van der Waals surface area contributed by atoms with E-state index >= 15 is 0 Å². The predicted molar refractivity (Wildman–Crippen MR) is 50.7 cm³/mol. The molecule has 0 aliphatic carbocycles. The maximum absolute atomic E-state index is 11.0. The molecule has 9 nitrogen and oxygen atoms in total. The maximum Gasteiger partial charge on any atom is 0.263 e. The first-order valence-electron chi connectivity index (χ1n) is 4.25. The van der Waals surface area contributed by atoms with E-state index in [1.165, 1.54) is 22.7 Å². The van der Waals surface area contributed by atoms with E-state index in [-0.39, 0.29) is 12.4 Å². The van der Waals surface area contributed by atoms with E-state index in [4.69, 9.17) is 10.4 Å². The number of aromatic nitrogens is 4. The van der Waals surface area contributed by atoms with Crippen LogP contribution in [-0.4, -0.2) is 35.8 Å². The quantitative estimate of drug-likeness (QED) is 0.394. The van der Waals surface area contributed by atoms with Crippen LogP contribution in [0, 0.1) is 0 Å². The summed E-state index contributed by atoms with van der Waals surface area (Å²) in [6.07, 6.45) is 2.57. The van der Waals surface area contributed by atoms with Gasteiger partial charge < -0.3 is 4.57 Å². The molecule has 0 saturated carbocycles. The van der Waals surface area contributed by atoms with Crippen molar-refractivity contribution in [1.29, 1.82) is 0 Å². The van der Waals surface area contributed by atoms with Gasteiger partial charge >= 0.3 is 0 Å². The Morgan fingerprint density at radius 2 is 2.19 bits per heavy atom. The monoisotopic (exact) mass is 224 g/mol. The number of fused-ring (bicyclic) bond motifs is 1. The molecule has 0 saturated heterocycles. The SMILES string of the molecule is O=C(Cn1cnc2c(NO)ncnc21)NO. The molecule has 4 N–H and O–H groups in total. The van der Waals surface area contributed by atoms with Crippen LogP contribution in [0.3, 0.4) is 0 Å². The normalized spacial score (nSPS) is 10.4. The molecule has 2 rings (SSSR count). The van der Waals surface area contributed by atoms with Gasteiger partial charge in [-0.1, -0.05) is 0 Å². The molecule has 0 fully saturated rings. The molecular formula is C7H8N6O3. The molecule has 0 unspecified atom stereocenters. The molecule has 0 radical (unpaired) electrons. The van der Waals surface area contributed by atoms with Gasteiger partial charge in [0.15, 0.2) is 17.0 Å². The fourth-order valence-electron chi connectivity index (χ4n) is 1.27.